The first kappa shape index (κ1) is 18.1. The number of nitrogens with zero attached hydrogens (tertiary/aromatic N) is 1. The average molecular weight is 371 g/mol. The Hall–Kier alpha value is -2.67. The van der Waals surface area contributed by atoms with Crippen LogP contribution >= 0.6 is 11.3 Å². The van der Waals surface area contributed by atoms with Crippen molar-refractivity contribution in [1.29, 1.82) is 0 Å². The highest BCUT2D eigenvalue weighted by atomic mass is 32.1. The van der Waals surface area contributed by atoms with Crippen LogP contribution in [0.3, 0.4) is 0 Å². The Morgan fingerprint density at radius 2 is 2.04 bits per heavy atom. The lowest BCUT2D eigenvalue weighted by molar-refractivity contribution is 0.252. The van der Waals surface area contributed by atoms with E-state index in [9.17, 15) is 9.59 Å². The summed E-state index contributed by atoms with van der Waals surface area (Å²) < 4.78 is 5.22. The maximum Gasteiger partial charge on any atom is 0.336 e. The third-order valence-corrected chi connectivity index (χ3v) is 5.15. The van der Waals surface area contributed by atoms with Crippen LogP contribution in [-0.2, 0) is 12.8 Å². The van der Waals surface area contributed by atoms with Gasteiger partial charge in [0.2, 0.25) is 0 Å². The van der Waals surface area contributed by atoms with Crippen LogP contribution in [0.4, 0.5) is 10.5 Å². The van der Waals surface area contributed by atoms with Gasteiger partial charge in [-0.25, -0.2) is 14.6 Å². The monoisotopic (exact) mass is 371 g/mol. The van der Waals surface area contributed by atoms with Gasteiger partial charge in [-0.15, -0.1) is 11.3 Å². The fraction of sp³-hybridized carbons (Fsp3) is 0.316. The van der Waals surface area contributed by atoms with Crippen molar-refractivity contribution in [3.05, 3.63) is 55.8 Å². The van der Waals surface area contributed by atoms with Gasteiger partial charge < -0.3 is 15.1 Å². The van der Waals surface area contributed by atoms with Crippen LogP contribution < -0.4 is 16.3 Å². The van der Waals surface area contributed by atoms with Crippen LogP contribution in [0.15, 0.2) is 32.8 Å². The summed E-state index contributed by atoms with van der Waals surface area (Å²) in [6.45, 7) is 6.29. The molecule has 0 unspecified atom stereocenters. The maximum atomic E-state index is 12.2. The molecule has 2 amide bonds. The number of benzene rings is 1. The van der Waals surface area contributed by atoms with Gasteiger partial charge >= 0.3 is 11.7 Å². The molecular formula is C19H21N3O3S. The molecule has 2 aromatic heterocycles. The number of hydrogen-bond acceptors (Lipinski definition) is 5. The van der Waals surface area contributed by atoms with Gasteiger partial charge in [0.1, 0.15) is 5.58 Å². The van der Waals surface area contributed by atoms with E-state index in [1.807, 2.05) is 25.3 Å². The molecule has 3 aromatic rings. The van der Waals surface area contributed by atoms with Gasteiger partial charge in [-0.1, -0.05) is 6.92 Å². The van der Waals surface area contributed by atoms with Gasteiger partial charge in [0.05, 0.1) is 10.7 Å². The number of rotatable bonds is 5. The molecule has 0 radical (unpaired) electrons. The Kier molecular flexibility index (Phi) is 5.37. The summed E-state index contributed by atoms with van der Waals surface area (Å²) in [5, 5.41) is 9.65. The summed E-state index contributed by atoms with van der Waals surface area (Å²) in [7, 11) is 0. The third-order valence-electron chi connectivity index (χ3n) is 4.11. The predicted octanol–water partition coefficient (Wildman–Crippen LogP) is 3.79. The van der Waals surface area contributed by atoms with Crippen molar-refractivity contribution in [2.45, 2.75) is 33.6 Å². The van der Waals surface area contributed by atoms with Crippen molar-refractivity contribution in [2.75, 3.05) is 11.9 Å². The number of carbonyl (C=O) groups is 1. The minimum Gasteiger partial charge on any atom is -0.423 e. The number of fused-ring (bicyclic) bond motifs is 1. The first-order valence-corrected chi connectivity index (χ1v) is 9.37. The number of urea groups is 1. The molecule has 0 saturated carbocycles. The number of nitrogens with one attached hydrogen (secondary N) is 2. The molecule has 136 valence electrons. The summed E-state index contributed by atoms with van der Waals surface area (Å²) in [6, 6.07) is 4.77. The standard InChI is InChI=1S/C19H21N3O3S/c1-4-17-21-13(10-26-17)5-6-20-19(24)22-15-9-14-11(2)8-18(23)25-16(14)7-12(15)3/h7-10H,4-6H2,1-3H3,(H2,20,22,24). The third kappa shape index (κ3) is 4.11. The van der Waals surface area contributed by atoms with E-state index >= 15 is 0 Å². The van der Waals surface area contributed by atoms with Crippen LogP contribution in [0.25, 0.3) is 11.0 Å². The van der Waals surface area contributed by atoms with E-state index in [-0.39, 0.29) is 11.7 Å². The van der Waals surface area contributed by atoms with Crippen LogP contribution in [0.1, 0.15) is 28.8 Å². The largest absolute Gasteiger partial charge is 0.423 e. The Morgan fingerprint density at radius 1 is 1.23 bits per heavy atom. The van der Waals surface area contributed by atoms with E-state index < -0.39 is 0 Å². The minimum absolute atomic E-state index is 0.270. The lowest BCUT2D eigenvalue weighted by atomic mass is 10.1. The molecule has 2 N–H and O–H groups in total. The van der Waals surface area contributed by atoms with Gasteiger partial charge in [0.25, 0.3) is 0 Å². The van der Waals surface area contributed by atoms with E-state index in [2.05, 4.69) is 22.5 Å². The van der Waals surface area contributed by atoms with Crippen LogP contribution in [0.5, 0.6) is 0 Å². The highest BCUT2D eigenvalue weighted by molar-refractivity contribution is 7.09. The highest BCUT2D eigenvalue weighted by Gasteiger charge is 2.10. The van der Waals surface area contributed by atoms with Gasteiger partial charge in [0, 0.05) is 35.5 Å². The van der Waals surface area contributed by atoms with Gasteiger partial charge in [-0.05, 0) is 43.5 Å². The number of carbonyl (C=O) groups excluding carboxylic acids is 1. The molecule has 2 heterocycles. The molecule has 26 heavy (non-hydrogen) atoms. The Morgan fingerprint density at radius 3 is 2.77 bits per heavy atom. The SMILES string of the molecule is CCc1nc(CCNC(=O)Nc2cc3c(C)cc(=O)oc3cc2C)cs1. The fourth-order valence-corrected chi connectivity index (χ4v) is 3.48. The lowest BCUT2D eigenvalue weighted by Crippen LogP contribution is -2.30. The zero-order chi connectivity index (χ0) is 18.7. The molecule has 0 aliphatic rings. The van der Waals surface area contributed by atoms with Crippen LogP contribution in [0.2, 0.25) is 0 Å². The molecule has 0 fully saturated rings. The van der Waals surface area contributed by atoms with Gasteiger partial charge in [-0.2, -0.15) is 0 Å². The van der Waals surface area contributed by atoms with E-state index in [1.165, 1.54) is 6.07 Å². The molecule has 0 aliphatic carbocycles. The molecule has 7 heteroatoms. The van der Waals surface area contributed by atoms with Crippen molar-refractivity contribution >= 4 is 34.0 Å². The molecule has 0 aliphatic heterocycles. The number of thiazole rings is 1. The molecule has 3 rings (SSSR count). The fourth-order valence-electron chi connectivity index (χ4n) is 2.70. The van der Waals surface area contributed by atoms with Crippen molar-refractivity contribution in [3.63, 3.8) is 0 Å². The summed E-state index contributed by atoms with van der Waals surface area (Å²) >= 11 is 1.65. The molecule has 0 atom stereocenters. The minimum atomic E-state index is -0.374. The van der Waals surface area contributed by atoms with E-state index in [4.69, 9.17) is 4.42 Å². The van der Waals surface area contributed by atoms with Crippen molar-refractivity contribution in [2.24, 2.45) is 0 Å². The Bertz CT molecular complexity index is 1010. The summed E-state index contributed by atoms with van der Waals surface area (Å²) in [6.07, 6.45) is 1.63. The number of aromatic nitrogens is 1. The van der Waals surface area contributed by atoms with Crippen molar-refractivity contribution < 1.29 is 9.21 Å². The van der Waals surface area contributed by atoms with Crippen LogP contribution in [0, 0.1) is 13.8 Å². The molecule has 1 aromatic carbocycles. The average Bonchev–Trinajstić information content (AvgIpc) is 3.04. The maximum absolute atomic E-state index is 12.2. The second-order valence-electron chi connectivity index (χ2n) is 6.13. The quantitative estimate of drug-likeness (QED) is 0.668. The zero-order valence-electron chi connectivity index (χ0n) is 15.0. The highest BCUT2D eigenvalue weighted by Crippen LogP contribution is 2.24. The summed E-state index contributed by atoms with van der Waals surface area (Å²) in [5.74, 6) is 0. The first-order valence-electron chi connectivity index (χ1n) is 8.49. The summed E-state index contributed by atoms with van der Waals surface area (Å²) in [4.78, 5) is 28.1. The zero-order valence-corrected chi connectivity index (χ0v) is 15.8. The van der Waals surface area contributed by atoms with Gasteiger partial charge in [-0.3, -0.25) is 0 Å². The molecule has 0 saturated heterocycles. The predicted molar refractivity (Wildman–Crippen MR) is 104 cm³/mol. The lowest BCUT2D eigenvalue weighted by Gasteiger charge is -2.11. The van der Waals surface area contributed by atoms with Gasteiger partial charge in [0.15, 0.2) is 0 Å². The van der Waals surface area contributed by atoms with E-state index in [0.29, 0.717) is 24.2 Å². The second-order valence-corrected chi connectivity index (χ2v) is 7.07. The van der Waals surface area contributed by atoms with Crippen LogP contribution in [-0.4, -0.2) is 17.6 Å². The topological polar surface area (TPSA) is 84.2 Å². The normalized spacial score (nSPS) is 10.9. The van der Waals surface area contributed by atoms with Crippen molar-refractivity contribution in [3.8, 4) is 0 Å². The number of hydrogen-bond donors (Lipinski definition) is 2. The second kappa shape index (κ2) is 7.70. The van der Waals surface area contributed by atoms with Crippen molar-refractivity contribution in [1.82, 2.24) is 10.3 Å². The number of aryl methyl sites for hydroxylation is 3. The Labute approximate surface area is 155 Å². The molecular weight excluding hydrogens is 350 g/mol. The number of amides is 2. The molecule has 0 bridgehead atoms. The molecule has 6 nitrogen and oxygen atoms in total. The number of anilines is 1. The Balaban J connectivity index is 1.65. The first-order chi connectivity index (χ1) is 12.5. The summed E-state index contributed by atoms with van der Waals surface area (Å²) in [5.41, 5.74) is 3.48. The smallest absolute Gasteiger partial charge is 0.336 e. The molecule has 0 spiro atoms. The van der Waals surface area contributed by atoms with E-state index in [0.717, 1.165) is 33.6 Å². The van der Waals surface area contributed by atoms with E-state index in [1.54, 1.807) is 17.4 Å².